The molecule has 0 aromatic rings. The number of allylic oxidation sites excluding steroid dienone is 1. The van der Waals surface area contributed by atoms with E-state index in [1.54, 1.807) is 11.8 Å². The summed E-state index contributed by atoms with van der Waals surface area (Å²) >= 11 is 4.39. The van der Waals surface area contributed by atoms with E-state index in [2.05, 4.69) is 5.32 Å². The number of carboxylic acid groups (broad SMARTS) is 2. The van der Waals surface area contributed by atoms with Crippen LogP contribution in [-0.4, -0.2) is 80.6 Å². The number of amides is 2. The number of carbonyl (C=O) groups excluding carboxylic acids is 3. The molecule has 0 spiro atoms. The average Bonchev–Trinajstić information content (AvgIpc) is 2.70. The largest absolute Gasteiger partial charge is 0.477 e. The van der Waals surface area contributed by atoms with Crippen LogP contribution in [0.15, 0.2) is 21.1 Å². The third-order valence-corrected chi connectivity index (χ3v) is 8.06. The van der Waals surface area contributed by atoms with Gasteiger partial charge >= 0.3 is 17.9 Å². The molecule has 0 aromatic carbocycles. The zero-order chi connectivity index (χ0) is 22.4. The number of fused-ring (bicyclic) bond motifs is 1. The van der Waals surface area contributed by atoms with Crippen molar-refractivity contribution in [3.05, 3.63) is 21.1 Å². The zero-order valence-electron chi connectivity index (χ0n) is 16.1. The summed E-state index contributed by atoms with van der Waals surface area (Å²) in [5, 5.41) is 19.8. The number of hydrogen-bond acceptors (Lipinski definition) is 9. The number of esters is 1. The van der Waals surface area contributed by atoms with Gasteiger partial charge in [0, 0.05) is 34.7 Å². The van der Waals surface area contributed by atoms with E-state index in [4.69, 9.17) is 9.84 Å². The van der Waals surface area contributed by atoms with Crippen LogP contribution in [0.4, 0.5) is 0 Å². The molecule has 0 radical (unpaired) electrons. The van der Waals surface area contributed by atoms with Gasteiger partial charge < -0.3 is 20.3 Å². The van der Waals surface area contributed by atoms with Crippen LogP contribution < -0.4 is 5.32 Å². The number of thioether (sulfide) groups is 3. The lowest BCUT2D eigenvalue weighted by Gasteiger charge is -2.48. The molecule has 3 heterocycles. The van der Waals surface area contributed by atoms with Crippen molar-refractivity contribution in [2.24, 2.45) is 0 Å². The molecule has 1 fully saturated rings. The van der Waals surface area contributed by atoms with Crippen molar-refractivity contribution >= 4 is 65.5 Å². The van der Waals surface area contributed by atoms with Crippen molar-refractivity contribution < 1.29 is 38.9 Å². The molecule has 2 amide bonds. The highest BCUT2D eigenvalue weighted by atomic mass is 32.2. The van der Waals surface area contributed by atoms with E-state index in [0.29, 0.717) is 22.6 Å². The topological polar surface area (TPSA) is 150 Å². The van der Waals surface area contributed by atoms with Crippen LogP contribution in [0.25, 0.3) is 0 Å². The van der Waals surface area contributed by atoms with Gasteiger partial charge in [-0.1, -0.05) is 0 Å². The van der Waals surface area contributed by atoms with E-state index in [-0.39, 0.29) is 12.3 Å². The molecule has 164 valence electrons. The van der Waals surface area contributed by atoms with Crippen LogP contribution in [-0.2, 0) is 28.7 Å². The van der Waals surface area contributed by atoms with Crippen LogP contribution in [0.1, 0.15) is 13.8 Å². The average molecular weight is 477 g/mol. The van der Waals surface area contributed by atoms with Crippen molar-refractivity contribution in [1.29, 1.82) is 0 Å². The molecule has 3 aliphatic rings. The molecule has 1 saturated heterocycles. The van der Waals surface area contributed by atoms with Gasteiger partial charge in [-0.15, -0.1) is 35.3 Å². The molecule has 0 aliphatic carbocycles. The SMILES string of the molecule is CC(=O)OCC1=C(C(=O)O)N2C(=O)[C@@H](NC=O)C2SC1.CC1=C(C(=O)O)SCCS1. The van der Waals surface area contributed by atoms with Crippen LogP contribution in [0.3, 0.4) is 0 Å². The van der Waals surface area contributed by atoms with Gasteiger partial charge in [-0.25, -0.2) is 9.59 Å². The molecule has 10 nitrogen and oxygen atoms in total. The first kappa shape index (κ1) is 24.2. The second-order valence-electron chi connectivity index (χ2n) is 6.10. The van der Waals surface area contributed by atoms with Crippen molar-refractivity contribution in [3.63, 3.8) is 0 Å². The lowest BCUT2D eigenvalue weighted by atomic mass is 10.0. The fourth-order valence-electron chi connectivity index (χ4n) is 2.79. The summed E-state index contributed by atoms with van der Waals surface area (Å²) in [6.07, 6.45) is 0.416. The molecule has 0 saturated carbocycles. The fraction of sp³-hybridized carbons (Fsp3) is 0.471. The number of carboxylic acids is 2. The minimum atomic E-state index is -1.25. The Hall–Kier alpha value is -2.12. The Kier molecular flexibility index (Phi) is 8.67. The Morgan fingerprint density at radius 2 is 1.90 bits per heavy atom. The highest BCUT2D eigenvalue weighted by Gasteiger charge is 2.53. The predicted molar refractivity (Wildman–Crippen MR) is 113 cm³/mol. The maximum absolute atomic E-state index is 11.9. The smallest absolute Gasteiger partial charge is 0.352 e. The van der Waals surface area contributed by atoms with Crippen LogP contribution >= 0.6 is 35.3 Å². The Labute approximate surface area is 184 Å². The highest BCUT2D eigenvalue weighted by molar-refractivity contribution is 8.10. The first-order chi connectivity index (χ1) is 14.2. The fourth-order valence-corrected chi connectivity index (χ4v) is 6.21. The minimum absolute atomic E-state index is 0.160. The van der Waals surface area contributed by atoms with Gasteiger partial charge in [-0.3, -0.25) is 19.3 Å². The van der Waals surface area contributed by atoms with Crippen molar-refractivity contribution in [1.82, 2.24) is 10.2 Å². The molecule has 13 heteroatoms. The predicted octanol–water partition coefficient (Wildman–Crippen LogP) is 0.700. The van der Waals surface area contributed by atoms with Gasteiger partial charge in [-0.05, 0) is 6.92 Å². The van der Waals surface area contributed by atoms with Crippen LogP contribution in [0.2, 0.25) is 0 Å². The quantitative estimate of drug-likeness (QED) is 0.282. The van der Waals surface area contributed by atoms with Gasteiger partial charge in [0.15, 0.2) is 0 Å². The monoisotopic (exact) mass is 476 g/mol. The molecule has 3 aliphatic heterocycles. The molecule has 0 aromatic heterocycles. The lowest BCUT2D eigenvalue weighted by Crippen LogP contribution is -2.69. The van der Waals surface area contributed by atoms with Crippen molar-refractivity contribution in [3.8, 4) is 0 Å². The third-order valence-electron chi connectivity index (χ3n) is 4.11. The zero-order valence-corrected chi connectivity index (χ0v) is 18.5. The van der Waals surface area contributed by atoms with Gasteiger partial charge in [0.2, 0.25) is 6.41 Å². The first-order valence-corrected chi connectivity index (χ1v) is 11.6. The summed E-state index contributed by atoms with van der Waals surface area (Å²) in [5.41, 5.74) is 0.204. The van der Waals surface area contributed by atoms with Gasteiger partial charge in [-0.2, -0.15) is 0 Å². The number of aliphatic carboxylic acids is 2. The number of nitrogens with one attached hydrogen (secondary N) is 1. The Bertz CT molecular complexity index is 826. The van der Waals surface area contributed by atoms with E-state index >= 15 is 0 Å². The standard InChI is InChI=1S/C11H12N2O6S.C6H8O2S2/c1-5(15)19-2-6-3-20-10-7(12-4-14)9(16)13(10)8(6)11(17)18;1-4-5(6(7)8)10-3-2-9-4/h4,7,10H,2-3H2,1H3,(H,12,14)(H,17,18);2-3H2,1H3,(H,7,8)/t7-,10?;/m1./s1. The summed E-state index contributed by atoms with van der Waals surface area (Å²) in [6.45, 7) is 2.92. The van der Waals surface area contributed by atoms with Crippen molar-refractivity contribution in [2.75, 3.05) is 23.9 Å². The minimum Gasteiger partial charge on any atom is -0.477 e. The van der Waals surface area contributed by atoms with Crippen LogP contribution in [0, 0.1) is 0 Å². The highest BCUT2D eigenvalue weighted by Crippen LogP contribution is 2.40. The molecule has 3 N–H and O–H groups in total. The molecule has 3 rings (SSSR count). The normalized spacial score (nSPS) is 22.9. The maximum atomic E-state index is 11.9. The number of β-lactam (4-membered cyclic amide) rings is 1. The summed E-state index contributed by atoms with van der Waals surface area (Å²) in [7, 11) is 0. The Balaban J connectivity index is 0.000000269. The van der Waals surface area contributed by atoms with E-state index in [0.717, 1.165) is 21.3 Å². The van der Waals surface area contributed by atoms with Crippen molar-refractivity contribution in [2.45, 2.75) is 25.3 Å². The van der Waals surface area contributed by atoms with E-state index in [1.165, 1.54) is 30.4 Å². The molecule has 2 atom stereocenters. The number of rotatable bonds is 6. The third kappa shape index (κ3) is 5.52. The Morgan fingerprint density at radius 1 is 1.23 bits per heavy atom. The van der Waals surface area contributed by atoms with E-state index in [1.807, 2.05) is 6.92 Å². The maximum Gasteiger partial charge on any atom is 0.352 e. The number of nitrogens with zero attached hydrogens (tertiary/aromatic N) is 1. The first-order valence-electron chi connectivity index (χ1n) is 8.61. The molecule has 1 unspecified atom stereocenters. The van der Waals surface area contributed by atoms with E-state index in [9.17, 15) is 29.1 Å². The van der Waals surface area contributed by atoms with Gasteiger partial charge in [0.1, 0.15) is 28.6 Å². The van der Waals surface area contributed by atoms with Gasteiger partial charge in [0.05, 0.1) is 0 Å². The molecular formula is C17H20N2O8S3. The molecular weight excluding hydrogens is 456 g/mol. The summed E-state index contributed by atoms with van der Waals surface area (Å²) in [5.74, 6) is -0.765. The summed E-state index contributed by atoms with van der Waals surface area (Å²) in [4.78, 5) is 57.5. The second-order valence-corrected chi connectivity index (χ2v) is 9.62. The summed E-state index contributed by atoms with van der Waals surface area (Å²) in [6, 6.07) is -0.706. The van der Waals surface area contributed by atoms with E-state index < -0.39 is 35.2 Å². The summed E-state index contributed by atoms with van der Waals surface area (Å²) < 4.78 is 4.80. The molecule has 0 bridgehead atoms. The number of ether oxygens (including phenoxy) is 1. The number of hydrogen-bond donors (Lipinski definition) is 3. The Morgan fingerprint density at radius 3 is 2.40 bits per heavy atom. The van der Waals surface area contributed by atoms with Crippen LogP contribution in [0.5, 0.6) is 0 Å². The van der Waals surface area contributed by atoms with Gasteiger partial charge in [0.25, 0.3) is 5.91 Å². The lowest BCUT2D eigenvalue weighted by molar-refractivity contribution is -0.150. The molecule has 30 heavy (non-hydrogen) atoms. The number of carbonyl (C=O) groups is 5. The second kappa shape index (κ2) is 10.8.